The van der Waals surface area contributed by atoms with Crippen molar-refractivity contribution < 1.29 is 0 Å². The average molecular weight is 273 g/mol. The molecule has 0 spiro atoms. The highest BCUT2D eigenvalue weighted by molar-refractivity contribution is 7.13. The topological polar surface area (TPSA) is 12.0 Å². The summed E-state index contributed by atoms with van der Waals surface area (Å²) in [5, 5.41) is 5.42. The van der Waals surface area contributed by atoms with Crippen LogP contribution in [0.4, 0.5) is 0 Å². The molecule has 2 heteroatoms. The lowest BCUT2D eigenvalue weighted by molar-refractivity contribution is 0.506. The van der Waals surface area contributed by atoms with E-state index in [2.05, 4.69) is 61.8 Å². The second-order valence-electron chi connectivity index (χ2n) is 5.66. The third-order valence-electron chi connectivity index (χ3n) is 3.87. The minimum atomic E-state index is 0.269. The van der Waals surface area contributed by atoms with Gasteiger partial charge in [0.2, 0.25) is 0 Å². The molecule has 0 saturated carbocycles. The Labute approximate surface area is 120 Å². The fourth-order valence-corrected chi connectivity index (χ4v) is 3.03. The van der Waals surface area contributed by atoms with E-state index in [0.29, 0.717) is 0 Å². The van der Waals surface area contributed by atoms with Crippen molar-refractivity contribution in [3.05, 3.63) is 46.8 Å². The highest BCUT2D eigenvalue weighted by atomic mass is 32.1. The van der Waals surface area contributed by atoms with E-state index in [1.165, 1.54) is 21.6 Å². The third-order valence-corrected chi connectivity index (χ3v) is 4.90. The first-order chi connectivity index (χ1) is 9.06. The van der Waals surface area contributed by atoms with Crippen molar-refractivity contribution in [3.63, 3.8) is 0 Å². The Bertz CT molecular complexity index is 522. The van der Waals surface area contributed by atoms with Crippen LogP contribution < -0.4 is 5.32 Å². The van der Waals surface area contributed by atoms with Gasteiger partial charge in [-0.15, -0.1) is 11.3 Å². The summed E-state index contributed by atoms with van der Waals surface area (Å²) in [5.74, 6) is 0. The minimum Gasteiger partial charge on any atom is -0.316 e. The molecule has 19 heavy (non-hydrogen) atoms. The Morgan fingerprint density at radius 1 is 1.16 bits per heavy atom. The zero-order valence-electron chi connectivity index (χ0n) is 12.3. The second kappa shape index (κ2) is 5.89. The lowest BCUT2D eigenvalue weighted by atomic mass is 9.82. The number of benzene rings is 1. The van der Waals surface area contributed by atoms with Crippen LogP contribution in [-0.4, -0.2) is 7.05 Å². The van der Waals surface area contributed by atoms with Gasteiger partial charge in [0, 0.05) is 11.4 Å². The van der Waals surface area contributed by atoms with Gasteiger partial charge in [0.15, 0.2) is 0 Å². The number of thiophene rings is 1. The van der Waals surface area contributed by atoms with Crippen LogP contribution in [0.1, 0.15) is 38.3 Å². The van der Waals surface area contributed by atoms with Crippen molar-refractivity contribution in [2.45, 2.75) is 39.2 Å². The van der Waals surface area contributed by atoms with Crippen LogP contribution in [0.2, 0.25) is 0 Å². The highest BCUT2D eigenvalue weighted by Crippen LogP contribution is 2.31. The van der Waals surface area contributed by atoms with Crippen LogP contribution >= 0.6 is 11.3 Å². The molecule has 1 N–H and O–H groups in total. The van der Waals surface area contributed by atoms with Crippen LogP contribution in [0.5, 0.6) is 0 Å². The molecule has 0 aliphatic heterocycles. The molecule has 0 aliphatic carbocycles. The smallest absolute Gasteiger partial charge is 0.0346 e. The number of hydrogen-bond donors (Lipinski definition) is 1. The lowest BCUT2D eigenvalue weighted by Gasteiger charge is -2.23. The van der Waals surface area contributed by atoms with Crippen LogP contribution in [0.3, 0.4) is 0 Å². The van der Waals surface area contributed by atoms with E-state index in [1.54, 1.807) is 0 Å². The SMILES string of the molecule is CCC(C)(C)c1ccc(-c2cc(CNC)cs2)cc1. The largest absolute Gasteiger partial charge is 0.316 e. The number of nitrogens with one attached hydrogen (secondary N) is 1. The quantitative estimate of drug-likeness (QED) is 0.823. The van der Waals surface area contributed by atoms with Gasteiger partial charge in [-0.3, -0.25) is 0 Å². The average Bonchev–Trinajstić information content (AvgIpc) is 2.88. The summed E-state index contributed by atoms with van der Waals surface area (Å²) in [6.45, 7) is 7.80. The van der Waals surface area contributed by atoms with Gasteiger partial charge in [-0.25, -0.2) is 0 Å². The van der Waals surface area contributed by atoms with Crippen molar-refractivity contribution in [2.24, 2.45) is 0 Å². The van der Waals surface area contributed by atoms with Gasteiger partial charge in [0.05, 0.1) is 0 Å². The van der Waals surface area contributed by atoms with Gasteiger partial charge in [0.25, 0.3) is 0 Å². The first kappa shape index (κ1) is 14.3. The van der Waals surface area contributed by atoms with Gasteiger partial charge in [-0.1, -0.05) is 45.0 Å². The van der Waals surface area contributed by atoms with Crippen molar-refractivity contribution in [1.82, 2.24) is 5.32 Å². The van der Waals surface area contributed by atoms with Crippen LogP contribution in [0.25, 0.3) is 10.4 Å². The van der Waals surface area contributed by atoms with Crippen LogP contribution in [0.15, 0.2) is 35.7 Å². The van der Waals surface area contributed by atoms with Gasteiger partial charge >= 0.3 is 0 Å². The standard InChI is InChI=1S/C17H23NS/c1-5-17(2,3)15-8-6-14(7-9-15)16-10-13(11-18-4)12-19-16/h6-10,12,18H,5,11H2,1-4H3. The Balaban J connectivity index is 2.22. The molecule has 0 bridgehead atoms. The molecule has 0 atom stereocenters. The first-order valence-electron chi connectivity index (χ1n) is 6.89. The Hall–Kier alpha value is -1.12. The predicted molar refractivity (Wildman–Crippen MR) is 85.8 cm³/mol. The van der Waals surface area contributed by atoms with Gasteiger partial charge in [-0.2, -0.15) is 0 Å². The summed E-state index contributed by atoms with van der Waals surface area (Å²) in [6, 6.07) is 11.3. The Morgan fingerprint density at radius 2 is 1.84 bits per heavy atom. The zero-order valence-corrected chi connectivity index (χ0v) is 13.1. The Morgan fingerprint density at radius 3 is 2.42 bits per heavy atom. The van der Waals surface area contributed by atoms with Gasteiger partial charge < -0.3 is 5.32 Å². The summed E-state index contributed by atoms with van der Waals surface area (Å²) in [7, 11) is 1.99. The zero-order chi connectivity index (χ0) is 13.9. The third kappa shape index (κ3) is 3.26. The maximum absolute atomic E-state index is 3.19. The van der Waals surface area contributed by atoms with E-state index >= 15 is 0 Å². The summed E-state index contributed by atoms with van der Waals surface area (Å²) >= 11 is 1.82. The molecule has 102 valence electrons. The molecule has 0 aliphatic rings. The molecule has 2 aromatic rings. The molecule has 0 amide bonds. The van der Waals surface area contributed by atoms with Crippen molar-refractivity contribution in [3.8, 4) is 10.4 Å². The number of hydrogen-bond acceptors (Lipinski definition) is 2. The molecule has 1 aromatic carbocycles. The molecular weight excluding hydrogens is 250 g/mol. The molecule has 1 nitrogen and oxygen atoms in total. The molecule has 0 fully saturated rings. The predicted octanol–water partition coefficient (Wildman–Crippen LogP) is 4.82. The van der Waals surface area contributed by atoms with E-state index < -0.39 is 0 Å². The summed E-state index contributed by atoms with van der Waals surface area (Å²) in [4.78, 5) is 1.35. The highest BCUT2D eigenvalue weighted by Gasteiger charge is 2.17. The van der Waals surface area contributed by atoms with Crippen molar-refractivity contribution >= 4 is 11.3 Å². The fraction of sp³-hybridized carbons (Fsp3) is 0.412. The molecule has 0 radical (unpaired) electrons. The molecular formula is C17H23NS. The second-order valence-corrected chi connectivity index (χ2v) is 6.58. The van der Waals surface area contributed by atoms with Crippen LogP contribution in [-0.2, 0) is 12.0 Å². The molecule has 1 aromatic heterocycles. The molecule has 1 heterocycles. The molecule has 2 rings (SSSR count). The fourth-order valence-electron chi connectivity index (χ4n) is 2.11. The monoisotopic (exact) mass is 273 g/mol. The number of rotatable bonds is 5. The lowest BCUT2D eigenvalue weighted by Crippen LogP contribution is -2.14. The summed E-state index contributed by atoms with van der Waals surface area (Å²) in [6.07, 6.45) is 1.16. The van der Waals surface area contributed by atoms with E-state index in [0.717, 1.165) is 13.0 Å². The van der Waals surface area contributed by atoms with Crippen molar-refractivity contribution in [2.75, 3.05) is 7.05 Å². The molecule has 0 saturated heterocycles. The van der Waals surface area contributed by atoms with E-state index in [-0.39, 0.29) is 5.41 Å². The summed E-state index contributed by atoms with van der Waals surface area (Å²) in [5.41, 5.74) is 4.37. The maximum Gasteiger partial charge on any atom is 0.0346 e. The van der Waals surface area contributed by atoms with Gasteiger partial charge in [-0.05, 0) is 47.0 Å². The minimum absolute atomic E-state index is 0.269. The normalized spacial score (nSPS) is 11.8. The van der Waals surface area contributed by atoms with E-state index in [1.807, 2.05) is 18.4 Å². The Kier molecular flexibility index (Phi) is 4.43. The van der Waals surface area contributed by atoms with E-state index in [4.69, 9.17) is 0 Å². The molecule has 0 unspecified atom stereocenters. The van der Waals surface area contributed by atoms with Gasteiger partial charge in [0.1, 0.15) is 0 Å². The van der Waals surface area contributed by atoms with Crippen molar-refractivity contribution in [1.29, 1.82) is 0 Å². The maximum atomic E-state index is 3.19. The van der Waals surface area contributed by atoms with E-state index in [9.17, 15) is 0 Å². The van der Waals surface area contributed by atoms with Crippen LogP contribution in [0, 0.1) is 0 Å². The summed E-state index contributed by atoms with van der Waals surface area (Å²) < 4.78 is 0. The first-order valence-corrected chi connectivity index (χ1v) is 7.77.